The van der Waals surface area contributed by atoms with Crippen LogP contribution in [0.4, 0.5) is 33.6 Å². The number of hydrogen-bond donors (Lipinski definition) is 3. The first-order valence-corrected chi connectivity index (χ1v) is 16.0. The van der Waals surface area contributed by atoms with Gasteiger partial charge in [0.05, 0.1) is 23.5 Å². The fourth-order valence-corrected chi connectivity index (χ4v) is 5.71. The molecule has 0 unspecified atom stereocenters. The lowest BCUT2D eigenvalue weighted by Gasteiger charge is -2.14. The lowest BCUT2D eigenvalue weighted by Crippen LogP contribution is -2.21. The van der Waals surface area contributed by atoms with Gasteiger partial charge in [-0.1, -0.05) is 62.7 Å². The zero-order valence-electron chi connectivity index (χ0n) is 27.9. The number of anilines is 5. The predicted octanol–water partition coefficient (Wildman–Crippen LogP) is 8.12. The Hall–Kier alpha value is -6.23. The van der Waals surface area contributed by atoms with Gasteiger partial charge in [-0.3, -0.25) is 10.1 Å². The Bertz CT molecular complexity index is 2220. The second kappa shape index (κ2) is 12.4. The van der Waals surface area contributed by atoms with Gasteiger partial charge in [0.2, 0.25) is 17.7 Å². The summed E-state index contributed by atoms with van der Waals surface area (Å²) in [6.07, 6.45) is 1.98. The van der Waals surface area contributed by atoms with Crippen molar-refractivity contribution in [1.29, 1.82) is 0 Å². The van der Waals surface area contributed by atoms with E-state index in [0.717, 1.165) is 44.7 Å². The van der Waals surface area contributed by atoms with Crippen molar-refractivity contribution in [2.75, 3.05) is 27.9 Å². The molecule has 246 valence electrons. The first-order valence-electron chi connectivity index (χ1n) is 16.0. The summed E-state index contributed by atoms with van der Waals surface area (Å²) < 4.78 is 8.01. The van der Waals surface area contributed by atoms with E-state index in [9.17, 15) is 9.59 Å². The van der Waals surface area contributed by atoms with Gasteiger partial charge in [-0.2, -0.15) is 10.1 Å². The fraction of sp³-hybridized carbons (Fsp3) is 0.184. The van der Waals surface area contributed by atoms with Gasteiger partial charge in [0, 0.05) is 52.9 Å². The zero-order chi connectivity index (χ0) is 34.3. The Balaban J connectivity index is 1.10. The second-order valence-corrected chi connectivity index (χ2v) is 13.1. The molecule has 0 radical (unpaired) electrons. The lowest BCUT2D eigenvalue weighted by molar-refractivity contribution is -0.117. The van der Waals surface area contributed by atoms with Crippen LogP contribution in [-0.4, -0.2) is 38.7 Å². The number of likely N-dealkylation sites (N-methyl/N-ethyl adjacent to an activating group) is 1. The highest BCUT2D eigenvalue weighted by Gasteiger charge is 2.24. The van der Waals surface area contributed by atoms with Crippen LogP contribution in [0.3, 0.4) is 0 Å². The molecule has 0 atom stereocenters. The summed E-state index contributed by atoms with van der Waals surface area (Å²) in [5.41, 5.74) is 5.87. The first kappa shape index (κ1) is 31.4. The number of fused-ring (bicyclic) bond motifs is 2. The fourth-order valence-electron chi connectivity index (χ4n) is 5.71. The van der Waals surface area contributed by atoms with Crippen molar-refractivity contribution in [1.82, 2.24) is 19.7 Å². The number of carbonyl (C=O) groups is 2. The zero-order valence-corrected chi connectivity index (χ0v) is 27.9. The van der Waals surface area contributed by atoms with Crippen molar-refractivity contribution in [3.05, 3.63) is 114 Å². The Morgan fingerprint density at radius 3 is 2.45 bits per heavy atom. The molecule has 3 amide bonds. The van der Waals surface area contributed by atoms with Gasteiger partial charge in [0.1, 0.15) is 11.6 Å². The van der Waals surface area contributed by atoms with Crippen molar-refractivity contribution in [2.24, 2.45) is 0 Å². The van der Waals surface area contributed by atoms with E-state index in [1.165, 1.54) is 0 Å². The molecule has 1 aliphatic heterocycles. The third-order valence-corrected chi connectivity index (χ3v) is 8.39. The molecule has 0 aliphatic carbocycles. The third kappa shape index (κ3) is 6.51. The molecular weight excluding hydrogens is 616 g/mol. The summed E-state index contributed by atoms with van der Waals surface area (Å²) in [7, 11) is 1.78. The molecule has 0 saturated heterocycles. The Labute approximate surface area is 284 Å². The Kier molecular flexibility index (Phi) is 7.95. The number of benzene rings is 4. The smallest absolute Gasteiger partial charge is 0.324 e. The van der Waals surface area contributed by atoms with Crippen LogP contribution in [0.15, 0.2) is 97.2 Å². The average Bonchev–Trinajstić information content (AvgIpc) is 3.62. The number of nitrogens with one attached hydrogen (secondary N) is 3. The van der Waals surface area contributed by atoms with Crippen LogP contribution in [0.5, 0.6) is 11.6 Å². The predicted molar refractivity (Wildman–Crippen MR) is 193 cm³/mol. The highest BCUT2D eigenvalue weighted by molar-refractivity contribution is 6.07. The van der Waals surface area contributed by atoms with Gasteiger partial charge in [-0.05, 0) is 55.0 Å². The quantitative estimate of drug-likeness (QED) is 0.159. The molecule has 2 aromatic heterocycles. The minimum Gasteiger partial charge on any atom is -0.438 e. The highest BCUT2D eigenvalue weighted by atomic mass is 16.5. The normalized spacial score (nSPS) is 12.6. The van der Waals surface area contributed by atoms with Crippen molar-refractivity contribution in [3.8, 4) is 17.3 Å². The second-order valence-electron chi connectivity index (χ2n) is 13.1. The van der Waals surface area contributed by atoms with Crippen LogP contribution in [0, 0.1) is 6.92 Å². The number of urea groups is 1. The molecule has 49 heavy (non-hydrogen) atoms. The Morgan fingerprint density at radius 1 is 0.898 bits per heavy atom. The molecule has 0 bridgehead atoms. The van der Waals surface area contributed by atoms with Crippen LogP contribution < -0.4 is 25.6 Å². The maximum Gasteiger partial charge on any atom is 0.324 e. The molecule has 4 aromatic carbocycles. The third-order valence-electron chi connectivity index (χ3n) is 8.39. The monoisotopic (exact) mass is 652 g/mol. The van der Waals surface area contributed by atoms with Crippen LogP contribution in [0.2, 0.25) is 0 Å². The summed E-state index contributed by atoms with van der Waals surface area (Å²) in [6.45, 7) is 8.29. The minimum atomic E-state index is -0.401. The molecule has 0 fully saturated rings. The number of ether oxygens (including phenoxy) is 1. The maximum absolute atomic E-state index is 13.4. The van der Waals surface area contributed by atoms with Crippen molar-refractivity contribution < 1.29 is 14.3 Å². The van der Waals surface area contributed by atoms with Crippen molar-refractivity contribution >= 4 is 51.5 Å². The molecule has 3 N–H and O–H groups in total. The number of aromatic nitrogens is 4. The van der Waals surface area contributed by atoms with Crippen molar-refractivity contribution in [3.63, 3.8) is 0 Å². The van der Waals surface area contributed by atoms with Crippen molar-refractivity contribution in [2.45, 2.75) is 39.5 Å². The standard InChI is InChI=1S/C38H36N8O3/c1-23-10-13-26(14-11-23)46-33(22-32(44-46)38(2,3)4)42-37(48)41-29-15-17-31(28-9-7-6-8-27(28)29)49-34-18-19-39-36(43-34)40-25-12-16-30-24(20-25)21-35(47)45(30)5/h6-20,22H,21H2,1-5H3,(H,39,40,43)(H2,41,42,48). The van der Waals surface area contributed by atoms with Gasteiger partial charge in [-0.25, -0.2) is 14.5 Å². The number of hydrogen-bond acceptors (Lipinski definition) is 7. The largest absolute Gasteiger partial charge is 0.438 e. The molecule has 11 heteroatoms. The first-order chi connectivity index (χ1) is 23.5. The van der Waals surface area contributed by atoms with E-state index in [-0.39, 0.29) is 11.3 Å². The SMILES string of the molecule is Cc1ccc(-n2nc(C(C)(C)C)cc2NC(=O)Nc2ccc(Oc3ccnc(Nc4ccc5c(c4)CC(=O)N5C)n3)c3ccccc23)cc1. The average molecular weight is 653 g/mol. The molecule has 7 rings (SSSR count). The topological polar surface area (TPSA) is 126 Å². The van der Waals surface area contributed by atoms with E-state index in [2.05, 4.69) is 46.7 Å². The van der Waals surface area contributed by atoms with Gasteiger partial charge in [-0.15, -0.1) is 0 Å². The molecule has 11 nitrogen and oxygen atoms in total. The van der Waals surface area contributed by atoms with E-state index >= 15 is 0 Å². The number of rotatable bonds is 7. The molecule has 1 aliphatic rings. The Morgan fingerprint density at radius 2 is 1.67 bits per heavy atom. The summed E-state index contributed by atoms with van der Waals surface area (Å²) >= 11 is 0. The van der Waals surface area contributed by atoms with E-state index < -0.39 is 6.03 Å². The van der Waals surface area contributed by atoms with E-state index in [1.54, 1.807) is 41.0 Å². The van der Waals surface area contributed by atoms with E-state index in [1.807, 2.05) is 79.7 Å². The van der Waals surface area contributed by atoms with Gasteiger partial charge >= 0.3 is 6.03 Å². The van der Waals surface area contributed by atoms with Crippen LogP contribution in [-0.2, 0) is 16.6 Å². The van der Waals surface area contributed by atoms with E-state index in [4.69, 9.17) is 9.84 Å². The lowest BCUT2D eigenvalue weighted by atomic mass is 9.92. The van der Waals surface area contributed by atoms with Crippen LogP contribution >= 0.6 is 0 Å². The minimum absolute atomic E-state index is 0.0631. The molecular formula is C38H36N8O3. The number of aryl methyl sites for hydroxylation is 1. The number of nitrogens with zero attached hydrogens (tertiary/aromatic N) is 5. The van der Waals surface area contributed by atoms with Crippen LogP contribution in [0.25, 0.3) is 16.5 Å². The summed E-state index contributed by atoms with van der Waals surface area (Å²) in [5.74, 6) is 1.89. The summed E-state index contributed by atoms with van der Waals surface area (Å²) in [6, 6.07) is 28.2. The highest BCUT2D eigenvalue weighted by Crippen LogP contribution is 2.35. The summed E-state index contributed by atoms with van der Waals surface area (Å²) in [4.78, 5) is 36.1. The molecule has 0 saturated carbocycles. The van der Waals surface area contributed by atoms with Gasteiger partial charge in [0.25, 0.3) is 0 Å². The van der Waals surface area contributed by atoms with Gasteiger partial charge in [0.15, 0.2) is 0 Å². The number of carbonyl (C=O) groups excluding carboxylic acids is 2. The van der Waals surface area contributed by atoms with Gasteiger partial charge < -0.3 is 20.3 Å². The maximum atomic E-state index is 13.4. The summed E-state index contributed by atoms with van der Waals surface area (Å²) in [5, 5.41) is 15.6. The van der Waals surface area contributed by atoms with E-state index in [0.29, 0.717) is 35.5 Å². The molecule has 0 spiro atoms. The number of amides is 3. The molecule has 6 aromatic rings. The van der Waals surface area contributed by atoms with Crippen LogP contribution in [0.1, 0.15) is 37.6 Å². The molecule has 3 heterocycles.